The van der Waals surface area contributed by atoms with Crippen LogP contribution in [0.15, 0.2) is 0 Å². The van der Waals surface area contributed by atoms with Crippen LogP contribution in [-0.4, -0.2) is 16.3 Å². The van der Waals surface area contributed by atoms with Crippen molar-refractivity contribution in [2.75, 3.05) is 6.54 Å². The maximum absolute atomic E-state index is 4.61. The summed E-state index contributed by atoms with van der Waals surface area (Å²) in [7, 11) is 0. The number of aromatic nitrogens is 2. The minimum atomic E-state index is 1.03. The molecule has 1 aliphatic carbocycles. The van der Waals surface area contributed by atoms with Gasteiger partial charge in [0.05, 0.1) is 17.9 Å². The third-order valence-electron chi connectivity index (χ3n) is 2.88. The molecule has 3 rings (SSSR count). The Bertz CT molecular complexity index is 314. The fraction of sp³-hybridized carbons (Fsp3) is 0.667. The average Bonchev–Trinajstić information content (AvgIpc) is 2.62. The smallest absolute Gasteiger partial charge is 0.0660 e. The van der Waals surface area contributed by atoms with E-state index in [1.165, 1.54) is 30.7 Å². The minimum absolute atomic E-state index is 1.03. The lowest BCUT2D eigenvalue weighted by Gasteiger charge is -2.15. The number of hydrogen-bond acceptors (Lipinski definition) is 2. The van der Waals surface area contributed by atoms with Crippen molar-refractivity contribution in [3.63, 3.8) is 0 Å². The highest BCUT2D eigenvalue weighted by atomic mass is 15.3. The molecule has 0 spiro atoms. The molecule has 3 nitrogen and oxygen atoms in total. The van der Waals surface area contributed by atoms with E-state index in [9.17, 15) is 0 Å². The monoisotopic (exact) mass is 163 g/mol. The molecule has 0 fully saturated rings. The van der Waals surface area contributed by atoms with Gasteiger partial charge in [0.25, 0.3) is 0 Å². The number of fused-ring (bicyclic) bond motifs is 3. The molecule has 3 heteroatoms. The Morgan fingerprint density at radius 1 is 1.33 bits per heavy atom. The summed E-state index contributed by atoms with van der Waals surface area (Å²) in [4.78, 5) is 0. The van der Waals surface area contributed by atoms with Crippen LogP contribution in [0.4, 0.5) is 0 Å². The molecular weight excluding hydrogens is 150 g/mol. The van der Waals surface area contributed by atoms with Crippen molar-refractivity contribution in [2.45, 2.75) is 32.4 Å². The molecule has 64 valence electrons. The Hall–Kier alpha value is -0.830. The third-order valence-corrected chi connectivity index (χ3v) is 2.88. The van der Waals surface area contributed by atoms with Crippen LogP contribution in [0.25, 0.3) is 0 Å². The molecule has 0 unspecified atom stereocenters. The molecule has 0 bridgehead atoms. The van der Waals surface area contributed by atoms with Crippen molar-refractivity contribution in [1.29, 1.82) is 0 Å². The summed E-state index contributed by atoms with van der Waals surface area (Å²) in [5, 5.41) is 8.00. The molecular formula is C9H13N3. The fourth-order valence-electron chi connectivity index (χ4n) is 2.29. The number of rotatable bonds is 0. The SMILES string of the molecule is C1Cc2nn3c(c2C1)CNCC3. The van der Waals surface area contributed by atoms with Gasteiger partial charge in [-0.3, -0.25) is 4.68 Å². The van der Waals surface area contributed by atoms with Crippen LogP contribution in [0.3, 0.4) is 0 Å². The van der Waals surface area contributed by atoms with E-state index in [-0.39, 0.29) is 0 Å². The van der Waals surface area contributed by atoms with Crippen molar-refractivity contribution >= 4 is 0 Å². The highest BCUT2D eigenvalue weighted by Crippen LogP contribution is 2.25. The van der Waals surface area contributed by atoms with Crippen LogP contribution in [-0.2, 0) is 25.9 Å². The molecule has 1 aromatic rings. The maximum atomic E-state index is 4.61. The number of hydrogen-bond donors (Lipinski definition) is 1. The van der Waals surface area contributed by atoms with Gasteiger partial charge in [-0.25, -0.2) is 0 Å². The molecule has 0 atom stereocenters. The van der Waals surface area contributed by atoms with E-state index < -0.39 is 0 Å². The first-order chi connectivity index (χ1) is 5.95. The summed E-state index contributed by atoms with van der Waals surface area (Å²) >= 11 is 0. The van der Waals surface area contributed by atoms with E-state index in [0.717, 1.165) is 19.6 Å². The van der Waals surface area contributed by atoms with E-state index in [2.05, 4.69) is 15.1 Å². The van der Waals surface area contributed by atoms with Crippen LogP contribution in [0.5, 0.6) is 0 Å². The number of aryl methyl sites for hydroxylation is 1. The molecule has 0 saturated heterocycles. The lowest BCUT2D eigenvalue weighted by Crippen LogP contribution is -2.29. The zero-order valence-electron chi connectivity index (χ0n) is 7.14. The molecule has 1 N–H and O–H groups in total. The Morgan fingerprint density at radius 3 is 3.33 bits per heavy atom. The van der Waals surface area contributed by atoms with Crippen LogP contribution in [0.2, 0.25) is 0 Å². The second-order valence-electron chi connectivity index (χ2n) is 3.63. The van der Waals surface area contributed by atoms with Gasteiger partial charge in [0, 0.05) is 13.1 Å². The lowest BCUT2D eigenvalue weighted by molar-refractivity contribution is 0.469. The summed E-state index contributed by atoms with van der Waals surface area (Å²) in [6.07, 6.45) is 3.77. The first kappa shape index (κ1) is 6.66. The van der Waals surface area contributed by atoms with Gasteiger partial charge in [-0.15, -0.1) is 0 Å². The highest BCUT2D eigenvalue weighted by Gasteiger charge is 2.22. The summed E-state index contributed by atoms with van der Waals surface area (Å²) < 4.78 is 2.19. The fourth-order valence-corrected chi connectivity index (χ4v) is 2.29. The summed E-state index contributed by atoms with van der Waals surface area (Å²) in [6, 6.07) is 0. The first-order valence-corrected chi connectivity index (χ1v) is 4.73. The Morgan fingerprint density at radius 2 is 2.33 bits per heavy atom. The number of nitrogens with zero attached hydrogens (tertiary/aromatic N) is 2. The molecule has 2 aliphatic rings. The number of nitrogens with one attached hydrogen (secondary N) is 1. The minimum Gasteiger partial charge on any atom is -0.309 e. The predicted octanol–water partition coefficient (Wildman–Crippen LogP) is 0.475. The van der Waals surface area contributed by atoms with Crippen LogP contribution in [0.1, 0.15) is 23.4 Å². The molecule has 0 radical (unpaired) electrons. The molecule has 1 aliphatic heterocycles. The van der Waals surface area contributed by atoms with Gasteiger partial charge in [-0.2, -0.15) is 5.10 Å². The summed E-state index contributed by atoms with van der Waals surface area (Å²) in [5.41, 5.74) is 4.37. The van der Waals surface area contributed by atoms with Crippen LogP contribution >= 0.6 is 0 Å². The van der Waals surface area contributed by atoms with Gasteiger partial charge >= 0.3 is 0 Å². The zero-order chi connectivity index (χ0) is 7.97. The van der Waals surface area contributed by atoms with Crippen LogP contribution < -0.4 is 5.32 Å². The van der Waals surface area contributed by atoms with Crippen molar-refractivity contribution < 1.29 is 0 Å². The van der Waals surface area contributed by atoms with Gasteiger partial charge in [0.2, 0.25) is 0 Å². The van der Waals surface area contributed by atoms with E-state index in [1.807, 2.05) is 0 Å². The standard InChI is InChI=1S/C9H13N3/c1-2-7-8(3-1)11-12-5-4-10-6-9(7)12/h10H,1-6H2. The van der Waals surface area contributed by atoms with Gasteiger partial charge in [0.1, 0.15) is 0 Å². The quantitative estimate of drug-likeness (QED) is 0.602. The molecule has 0 saturated carbocycles. The molecule has 12 heavy (non-hydrogen) atoms. The van der Waals surface area contributed by atoms with Crippen LogP contribution in [0, 0.1) is 0 Å². The molecule has 0 amide bonds. The van der Waals surface area contributed by atoms with Crippen molar-refractivity contribution in [1.82, 2.24) is 15.1 Å². The largest absolute Gasteiger partial charge is 0.309 e. The average molecular weight is 163 g/mol. The van der Waals surface area contributed by atoms with E-state index in [1.54, 1.807) is 5.56 Å². The summed E-state index contributed by atoms with van der Waals surface area (Å²) in [5.74, 6) is 0. The van der Waals surface area contributed by atoms with Gasteiger partial charge in [0.15, 0.2) is 0 Å². The molecule has 1 aromatic heterocycles. The zero-order valence-corrected chi connectivity index (χ0v) is 7.14. The maximum Gasteiger partial charge on any atom is 0.0660 e. The van der Waals surface area contributed by atoms with E-state index in [0.29, 0.717) is 0 Å². The highest BCUT2D eigenvalue weighted by molar-refractivity contribution is 5.31. The third kappa shape index (κ3) is 0.771. The first-order valence-electron chi connectivity index (χ1n) is 4.73. The van der Waals surface area contributed by atoms with Crippen molar-refractivity contribution in [3.8, 4) is 0 Å². The normalized spacial score (nSPS) is 20.7. The van der Waals surface area contributed by atoms with Gasteiger partial charge in [-0.1, -0.05) is 0 Å². The molecule has 2 heterocycles. The lowest BCUT2D eigenvalue weighted by atomic mass is 10.2. The van der Waals surface area contributed by atoms with E-state index >= 15 is 0 Å². The van der Waals surface area contributed by atoms with E-state index in [4.69, 9.17) is 0 Å². The van der Waals surface area contributed by atoms with Crippen molar-refractivity contribution in [2.24, 2.45) is 0 Å². The van der Waals surface area contributed by atoms with Gasteiger partial charge in [-0.05, 0) is 24.8 Å². The Kier molecular flexibility index (Phi) is 1.29. The van der Waals surface area contributed by atoms with Gasteiger partial charge < -0.3 is 5.32 Å². The Labute approximate surface area is 71.8 Å². The second-order valence-corrected chi connectivity index (χ2v) is 3.63. The predicted molar refractivity (Wildman–Crippen MR) is 46.0 cm³/mol. The Balaban J connectivity index is 2.14. The molecule has 0 aromatic carbocycles. The summed E-state index contributed by atoms with van der Waals surface area (Å²) in [6.45, 7) is 3.16. The second kappa shape index (κ2) is 2.33. The topological polar surface area (TPSA) is 29.9 Å². The van der Waals surface area contributed by atoms with Crippen molar-refractivity contribution in [3.05, 3.63) is 17.0 Å².